The number of carboxylic acid groups (broad SMARTS) is 1. The summed E-state index contributed by atoms with van der Waals surface area (Å²) >= 11 is 6.08. The second kappa shape index (κ2) is 6.88. The van der Waals surface area contributed by atoms with Crippen molar-refractivity contribution in [1.82, 2.24) is 4.90 Å². The molecule has 5 heteroatoms. The molecular formula is C17H22ClNO3. The predicted octanol–water partition coefficient (Wildman–Crippen LogP) is 3.44. The fraction of sp³-hybridized carbons (Fsp3) is 0.588. The summed E-state index contributed by atoms with van der Waals surface area (Å²) < 4.78 is 5.74. The molecule has 120 valence electrons. The van der Waals surface area contributed by atoms with Crippen LogP contribution in [-0.2, 0) is 4.79 Å². The lowest BCUT2D eigenvalue weighted by Gasteiger charge is -2.32. The average Bonchev–Trinajstić information content (AvgIpc) is 2.88. The van der Waals surface area contributed by atoms with E-state index in [0.717, 1.165) is 19.3 Å². The van der Waals surface area contributed by atoms with Gasteiger partial charge in [-0.25, -0.2) is 0 Å². The van der Waals surface area contributed by atoms with Gasteiger partial charge in [-0.2, -0.15) is 0 Å². The number of aliphatic carboxylic acids is 1. The Morgan fingerprint density at radius 2 is 2.09 bits per heavy atom. The molecule has 1 heterocycles. The molecule has 22 heavy (non-hydrogen) atoms. The number of hydrogen-bond donors (Lipinski definition) is 1. The van der Waals surface area contributed by atoms with Gasteiger partial charge in [0.15, 0.2) is 0 Å². The maximum Gasteiger partial charge on any atom is 0.320 e. The first-order valence-corrected chi connectivity index (χ1v) is 8.40. The van der Waals surface area contributed by atoms with E-state index in [4.69, 9.17) is 16.3 Å². The summed E-state index contributed by atoms with van der Waals surface area (Å²) in [5.74, 6) is 0.498. The van der Waals surface area contributed by atoms with E-state index < -0.39 is 5.97 Å². The number of para-hydroxylation sites is 1. The Balaban J connectivity index is 1.61. The number of likely N-dealkylation sites (tertiary alicyclic amines) is 1. The standard InChI is InChI=1S/C17H22ClNO3/c18-13-6-2-4-8-16(13)22-10-9-19-14-7-3-1-5-12(14)11-15(19)17(20)21/h2,4,6,8,12,14-15H,1,3,5,7,9-11H2,(H,20,21)/t12-,14+,15-/m0/s1. The topological polar surface area (TPSA) is 49.8 Å². The fourth-order valence-electron chi connectivity index (χ4n) is 3.94. The lowest BCUT2D eigenvalue weighted by molar-refractivity contribution is -0.142. The van der Waals surface area contributed by atoms with Crippen LogP contribution < -0.4 is 4.74 Å². The van der Waals surface area contributed by atoms with Gasteiger partial charge in [0.2, 0.25) is 0 Å². The molecule has 0 bridgehead atoms. The van der Waals surface area contributed by atoms with Crippen molar-refractivity contribution < 1.29 is 14.6 Å². The van der Waals surface area contributed by atoms with Crippen molar-refractivity contribution in [3.8, 4) is 5.75 Å². The van der Waals surface area contributed by atoms with Crippen LogP contribution in [0.4, 0.5) is 0 Å². The molecule has 0 amide bonds. The molecule has 1 saturated carbocycles. The number of fused-ring (bicyclic) bond motifs is 1. The number of nitrogens with zero attached hydrogens (tertiary/aromatic N) is 1. The van der Waals surface area contributed by atoms with E-state index in [-0.39, 0.29) is 6.04 Å². The quantitative estimate of drug-likeness (QED) is 0.902. The van der Waals surface area contributed by atoms with E-state index in [1.807, 2.05) is 18.2 Å². The summed E-state index contributed by atoms with van der Waals surface area (Å²) in [6.07, 6.45) is 5.50. The number of carbonyl (C=O) groups is 1. The van der Waals surface area contributed by atoms with E-state index >= 15 is 0 Å². The summed E-state index contributed by atoms with van der Waals surface area (Å²) in [7, 11) is 0. The van der Waals surface area contributed by atoms with Crippen LogP contribution in [0.1, 0.15) is 32.1 Å². The lowest BCUT2D eigenvalue weighted by Crippen LogP contribution is -2.44. The third-order valence-electron chi connectivity index (χ3n) is 4.95. The number of benzene rings is 1. The zero-order chi connectivity index (χ0) is 15.5. The van der Waals surface area contributed by atoms with Crippen LogP contribution in [0.2, 0.25) is 5.02 Å². The summed E-state index contributed by atoms with van der Waals surface area (Å²) in [4.78, 5) is 13.7. The Labute approximate surface area is 136 Å². The maximum atomic E-state index is 11.5. The van der Waals surface area contributed by atoms with Gasteiger partial charge in [-0.15, -0.1) is 0 Å². The van der Waals surface area contributed by atoms with Gasteiger partial charge in [0.05, 0.1) is 5.02 Å². The van der Waals surface area contributed by atoms with Crippen LogP contribution in [0, 0.1) is 5.92 Å². The Hall–Kier alpha value is -1.26. The normalized spacial score (nSPS) is 28.3. The first-order valence-electron chi connectivity index (χ1n) is 8.02. The smallest absolute Gasteiger partial charge is 0.320 e. The summed E-state index contributed by atoms with van der Waals surface area (Å²) in [5, 5.41) is 10.1. The molecule has 1 aliphatic carbocycles. The van der Waals surface area contributed by atoms with E-state index in [1.54, 1.807) is 6.07 Å². The first-order chi connectivity index (χ1) is 10.7. The monoisotopic (exact) mass is 323 g/mol. The van der Waals surface area contributed by atoms with Gasteiger partial charge in [-0.3, -0.25) is 9.69 Å². The van der Waals surface area contributed by atoms with Gasteiger partial charge in [-0.05, 0) is 37.3 Å². The lowest BCUT2D eigenvalue weighted by atomic mass is 9.85. The van der Waals surface area contributed by atoms with Crippen LogP contribution in [-0.4, -0.2) is 41.2 Å². The van der Waals surface area contributed by atoms with Crippen LogP contribution >= 0.6 is 11.6 Å². The van der Waals surface area contributed by atoms with Crippen LogP contribution in [0.15, 0.2) is 24.3 Å². The Morgan fingerprint density at radius 3 is 2.86 bits per heavy atom. The molecule has 1 saturated heterocycles. The predicted molar refractivity (Wildman–Crippen MR) is 85.4 cm³/mol. The van der Waals surface area contributed by atoms with Crippen molar-refractivity contribution >= 4 is 17.6 Å². The second-order valence-corrected chi connectivity index (χ2v) is 6.63. The van der Waals surface area contributed by atoms with Crippen molar-refractivity contribution in [2.24, 2.45) is 5.92 Å². The summed E-state index contributed by atoms with van der Waals surface area (Å²) in [6, 6.07) is 7.43. The van der Waals surface area contributed by atoms with Crippen molar-refractivity contribution in [2.45, 2.75) is 44.2 Å². The number of hydrogen-bond acceptors (Lipinski definition) is 3. The average molecular weight is 324 g/mol. The minimum absolute atomic E-state index is 0.358. The van der Waals surface area contributed by atoms with Crippen LogP contribution in [0.3, 0.4) is 0 Å². The molecule has 0 unspecified atom stereocenters. The molecule has 0 spiro atoms. The van der Waals surface area contributed by atoms with Crippen molar-refractivity contribution in [3.05, 3.63) is 29.3 Å². The largest absolute Gasteiger partial charge is 0.491 e. The minimum atomic E-state index is -0.702. The number of rotatable bonds is 5. The number of ether oxygens (including phenoxy) is 1. The molecule has 0 radical (unpaired) electrons. The van der Waals surface area contributed by atoms with E-state index in [0.29, 0.717) is 35.9 Å². The molecule has 1 aromatic rings. The zero-order valence-corrected chi connectivity index (χ0v) is 13.3. The van der Waals surface area contributed by atoms with Crippen molar-refractivity contribution in [3.63, 3.8) is 0 Å². The molecular weight excluding hydrogens is 302 g/mol. The Bertz CT molecular complexity index is 536. The highest BCUT2D eigenvalue weighted by Gasteiger charge is 2.44. The molecule has 3 rings (SSSR count). The van der Waals surface area contributed by atoms with Crippen LogP contribution in [0.25, 0.3) is 0 Å². The highest BCUT2D eigenvalue weighted by atomic mass is 35.5. The molecule has 4 nitrogen and oxygen atoms in total. The first kappa shape index (κ1) is 15.6. The van der Waals surface area contributed by atoms with Gasteiger partial charge >= 0.3 is 5.97 Å². The molecule has 2 fully saturated rings. The van der Waals surface area contributed by atoms with Gasteiger partial charge in [0.25, 0.3) is 0 Å². The third-order valence-corrected chi connectivity index (χ3v) is 5.26. The van der Waals surface area contributed by atoms with Gasteiger partial charge in [-0.1, -0.05) is 36.6 Å². The van der Waals surface area contributed by atoms with Crippen molar-refractivity contribution in [1.29, 1.82) is 0 Å². The SMILES string of the molecule is O=C(O)[C@@H]1C[C@@H]2CCCC[C@H]2N1CCOc1ccccc1Cl. The molecule has 1 N–H and O–H groups in total. The third kappa shape index (κ3) is 3.23. The van der Waals surface area contributed by atoms with E-state index in [2.05, 4.69) is 4.90 Å². The molecule has 0 aromatic heterocycles. The Morgan fingerprint density at radius 1 is 1.32 bits per heavy atom. The summed E-state index contributed by atoms with van der Waals surface area (Å²) in [5.41, 5.74) is 0. The molecule has 1 aromatic carbocycles. The van der Waals surface area contributed by atoms with Gasteiger partial charge in [0, 0.05) is 12.6 Å². The maximum absolute atomic E-state index is 11.5. The highest BCUT2D eigenvalue weighted by molar-refractivity contribution is 6.32. The molecule has 3 atom stereocenters. The number of carboxylic acids is 1. The highest BCUT2D eigenvalue weighted by Crippen LogP contribution is 2.39. The van der Waals surface area contributed by atoms with Gasteiger partial charge < -0.3 is 9.84 Å². The second-order valence-electron chi connectivity index (χ2n) is 6.22. The number of halogens is 1. The minimum Gasteiger partial charge on any atom is -0.491 e. The van der Waals surface area contributed by atoms with E-state index in [1.165, 1.54) is 12.8 Å². The zero-order valence-electron chi connectivity index (χ0n) is 12.6. The van der Waals surface area contributed by atoms with Crippen LogP contribution in [0.5, 0.6) is 5.75 Å². The molecule has 2 aliphatic rings. The fourth-order valence-corrected chi connectivity index (χ4v) is 4.13. The van der Waals surface area contributed by atoms with Gasteiger partial charge in [0.1, 0.15) is 18.4 Å². The Kier molecular flexibility index (Phi) is 4.89. The molecule has 1 aliphatic heterocycles. The van der Waals surface area contributed by atoms with Crippen molar-refractivity contribution in [2.75, 3.05) is 13.2 Å². The van der Waals surface area contributed by atoms with E-state index in [9.17, 15) is 9.90 Å². The summed E-state index contributed by atoms with van der Waals surface area (Å²) in [6.45, 7) is 1.11.